The number of carbonyl (C=O) groups excluding carboxylic acids is 2. The molecule has 0 saturated heterocycles. The summed E-state index contributed by atoms with van der Waals surface area (Å²) in [5, 5.41) is 9.30. The molecule has 0 bridgehead atoms. The van der Waals surface area contributed by atoms with Crippen LogP contribution in [0.1, 0.15) is 27.7 Å². The van der Waals surface area contributed by atoms with Gasteiger partial charge in [-0.25, -0.2) is 0 Å². The average Bonchev–Trinajstić information content (AvgIpc) is 2.60. The van der Waals surface area contributed by atoms with E-state index in [1.54, 1.807) is 13.1 Å². The second-order valence-electron chi connectivity index (χ2n) is 5.50. The molecule has 1 unspecified atom stereocenters. The van der Waals surface area contributed by atoms with Gasteiger partial charge in [-0.3, -0.25) is 14.3 Å². The number of carbonyl (C=O) groups is 2. The van der Waals surface area contributed by atoms with Crippen molar-refractivity contribution in [1.29, 1.82) is 0 Å². The number of nitrogens with two attached hydrogens (primary N) is 1. The van der Waals surface area contributed by atoms with E-state index < -0.39 is 6.04 Å². The lowest BCUT2D eigenvalue weighted by molar-refractivity contribution is -0.129. The van der Waals surface area contributed by atoms with E-state index in [1.165, 1.54) is 10.9 Å². The van der Waals surface area contributed by atoms with Gasteiger partial charge in [-0.05, 0) is 27.7 Å². The van der Waals surface area contributed by atoms with Gasteiger partial charge in [0.05, 0.1) is 11.9 Å². The Morgan fingerprint density at radius 1 is 1.47 bits per heavy atom. The molecule has 0 radical (unpaired) electrons. The normalized spacial score (nSPS) is 12.8. The molecule has 2 amide bonds. The quantitative estimate of drug-likeness (QED) is 0.708. The van der Waals surface area contributed by atoms with Crippen LogP contribution in [0.4, 0.5) is 5.69 Å². The third kappa shape index (κ3) is 5.41. The third-order valence-electron chi connectivity index (χ3n) is 2.23. The summed E-state index contributed by atoms with van der Waals surface area (Å²) in [7, 11) is 0. The molecular weight excluding hydrogens is 246 g/mol. The van der Waals surface area contributed by atoms with Crippen molar-refractivity contribution in [2.45, 2.75) is 45.8 Å². The number of rotatable bonds is 4. The Morgan fingerprint density at radius 3 is 2.58 bits per heavy atom. The highest BCUT2D eigenvalue weighted by atomic mass is 16.2. The van der Waals surface area contributed by atoms with Crippen molar-refractivity contribution in [3.05, 3.63) is 12.4 Å². The zero-order valence-electron chi connectivity index (χ0n) is 11.7. The van der Waals surface area contributed by atoms with Gasteiger partial charge < -0.3 is 16.4 Å². The van der Waals surface area contributed by atoms with Crippen LogP contribution in [-0.4, -0.2) is 33.2 Å². The molecule has 1 heterocycles. The molecule has 7 nitrogen and oxygen atoms in total. The van der Waals surface area contributed by atoms with Crippen molar-refractivity contribution in [2.24, 2.45) is 0 Å². The van der Waals surface area contributed by atoms with Gasteiger partial charge in [-0.15, -0.1) is 0 Å². The molecule has 0 aromatic carbocycles. The summed E-state index contributed by atoms with van der Waals surface area (Å²) in [4.78, 5) is 23.5. The van der Waals surface area contributed by atoms with Gasteiger partial charge in [0.15, 0.2) is 0 Å². The highest BCUT2D eigenvalue weighted by Crippen LogP contribution is 2.00. The first kappa shape index (κ1) is 15.0. The Morgan fingerprint density at radius 2 is 2.11 bits per heavy atom. The SMILES string of the molecule is CC(NC(=O)Cn1cc(N)cn1)C(=O)NC(C)(C)C. The largest absolute Gasteiger partial charge is 0.396 e. The van der Waals surface area contributed by atoms with Gasteiger partial charge in [0.1, 0.15) is 12.6 Å². The molecule has 0 saturated carbocycles. The van der Waals surface area contributed by atoms with Crippen LogP contribution < -0.4 is 16.4 Å². The van der Waals surface area contributed by atoms with E-state index in [4.69, 9.17) is 5.73 Å². The van der Waals surface area contributed by atoms with Gasteiger partial charge in [-0.1, -0.05) is 0 Å². The van der Waals surface area contributed by atoms with Gasteiger partial charge in [0.2, 0.25) is 11.8 Å². The summed E-state index contributed by atoms with van der Waals surface area (Å²) in [6.45, 7) is 7.31. The van der Waals surface area contributed by atoms with Crippen molar-refractivity contribution < 1.29 is 9.59 Å². The molecule has 7 heteroatoms. The summed E-state index contributed by atoms with van der Waals surface area (Å²) >= 11 is 0. The van der Waals surface area contributed by atoms with Crippen LogP contribution in [0, 0.1) is 0 Å². The third-order valence-corrected chi connectivity index (χ3v) is 2.23. The minimum absolute atomic E-state index is 0.0321. The summed E-state index contributed by atoms with van der Waals surface area (Å²) in [5.74, 6) is -0.513. The predicted octanol–water partition coefficient (Wildman–Crippen LogP) is -0.115. The smallest absolute Gasteiger partial charge is 0.242 e. The molecule has 19 heavy (non-hydrogen) atoms. The zero-order valence-corrected chi connectivity index (χ0v) is 11.7. The standard InChI is InChI=1S/C12H21N5O2/c1-8(11(19)16-12(2,3)4)15-10(18)7-17-6-9(13)5-14-17/h5-6,8H,7,13H2,1-4H3,(H,15,18)(H,16,19). The molecule has 0 aliphatic carbocycles. The monoisotopic (exact) mass is 267 g/mol. The second kappa shape index (κ2) is 5.73. The van der Waals surface area contributed by atoms with Crippen molar-refractivity contribution in [1.82, 2.24) is 20.4 Å². The first-order valence-electron chi connectivity index (χ1n) is 6.07. The van der Waals surface area contributed by atoms with Crippen LogP contribution in [0.15, 0.2) is 12.4 Å². The minimum atomic E-state index is -0.598. The summed E-state index contributed by atoms with van der Waals surface area (Å²) < 4.78 is 1.42. The van der Waals surface area contributed by atoms with Crippen molar-refractivity contribution in [3.8, 4) is 0 Å². The number of nitrogens with zero attached hydrogens (tertiary/aromatic N) is 2. The van der Waals surface area contributed by atoms with Crippen LogP contribution in [-0.2, 0) is 16.1 Å². The molecule has 1 aromatic rings. The van der Waals surface area contributed by atoms with Gasteiger partial charge in [-0.2, -0.15) is 5.10 Å². The van der Waals surface area contributed by atoms with Crippen LogP contribution in [0.25, 0.3) is 0 Å². The number of aromatic nitrogens is 2. The molecule has 1 atom stereocenters. The number of hydrogen-bond donors (Lipinski definition) is 3. The number of amides is 2. The average molecular weight is 267 g/mol. The fraction of sp³-hybridized carbons (Fsp3) is 0.583. The Bertz CT molecular complexity index is 461. The Kier molecular flexibility index (Phi) is 4.52. The van der Waals surface area contributed by atoms with E-state index in [0.29, 0.717) is 5.69 Å². The Hall–Kier alpha value is -2.05. The zero-order chi connectivity index (χ0) is 14.6. The Balaban J connectivity index is 2.46. The highest BCUT2D eigenvalue weighted by molar-refractivity contribution is 5.87. The summed E-state index contributed by atoms with van der Waals surface area (Å²) in [6.07, 6.45) is 3.02. The maximum absolute atomic E-state index is 11.8. The lowest BCUT2D eigenvalue weighted by Crippen LogP contribution is -2.51. The molecule has 1 aromatic heterocycles. The summed E-state index contributed by atoms with van der Waals surface area (Å²) in [5.41, 5.74) is 5.66. The fourth-order valence-electron chi connectivity index (χ4n) is 1.44. The fourth-order valence-corrected chi connectivity index (χ4v) is 1.44. The van der Waals surface area contributed by atoms with Gasteiger partial charge >= 0.3 is 0 Å². The molecule has 0 aliphatic rings. The van der Waals surface area contributed by atoms with Crippen LogP contribution in [0.2, 0.25) is 0 Å². The van der Waals surface area contributed by atoms with Crippen LogP contribution in [0.5, 0.6) is 0 Å². The molecule has 4 N–H and O–H groups in total. The lowest BCUT2D eigenvalue weighted by Gasteiger charge is -2.23. The lowest BCUT2D eigenvalue weighted by atomic mass is 10.1. The second-order valence-corrected chi connectivity index (χ2v) is 5.50. The van der Waals surface area contributed by atoms with E-state index >= 15 is 0 Å². The molecule has 106 valence electrons. The van der Waals surface area contributed by atoms with Gasteiger partial charge in [0.25, 0.3) is 0 Å². The van der Waals surface area contributed by atoms with E-state index in [1.807, 2.05) is 20.8 Å². The summed E-state index contributed by atoms with van der Waals surface area (Å²) in [6, 6.07) is -0.598. The minimum Gasteiger partial charge on any atom is -0.396 e. The van der Waals surface area contributed by atoms with Crippen molar-refractivity contribution in [3.63, 3.8) is 0 Å². The number of anilines is 1. The van der Waals surface area contributed by atoms with Crippen LogP contribution in [0.3, 0.4) is 0 Å². The van der Waals surface area contributed by atoms with E-state index in [-0.39, 0.29) is 23.9 Å². The number of hydrogen-bond acceptors (Lipinski definition) is 4. The topological polar surface area (TPSA) is 102 Å². The first-order valence-corrected chi connectivity index (χ1v) is 6.07. The maximum Gasteiger partial charge on any atom is 0.242 e. The van der Waals surface area contributed by atoms with E-state index in [9.17, 15) is 9.59 Å². The molecular formula is C12H21N5O2. The molecule has 1 rings (SSSR count). The van der Waals surface area contributed by atoms with E-state index in [0.717, 1.165) is 0 Å². The number of nitrogen functional groups attached to an aromatic ring is 1. The maximum atomic E-state index is 11.8. The molecule has 0 aliphatic heterocycles. The molecule has 0 fully saturated rings. The first-order chi connectivity index (χ1) is 8.67. The Labute approximate surface area is 112 Å². The highest BCUT2D eigenvalue weighted by Gasteiger charge is 2.20. The van der Waals surface area contributed by atoms with Crippen molar-refractivity contribution in [2.75, 3.05) is 5.73 Å². The van der Waals surface area contributed by atoms with E-state index in [2.05, 4.69) is 15.7 Å². The van der Waals surface area contributed by atoms with Crippen molar-refractivity contribution >= 4 is 17.5 Å². The predicted molar refractivity (Wildman–Crippen MR) is 72.1 cm³/mol. The van der Waals surface area contributed by atoms with Crippen LogP contribution >= 0.6 is 0 Å². The number of nitrogens with one attached hydrogen (secondary N) is 2. The van der Waals surface area contributed by atoms with Gasteiger partial charge in [0, 0.05) is 11.7 Å². The molecule has 0 spiro atoms.